The zero-order valence-corrected chi connectivity index (χ0v) is 3.73. The zero-order chi connectivity index (χ0) is 5.70. The third kappa shape index (κ3) is 5.08. The van der Waals surface area contributed by atoms with E-state index in [2.05, 4.69) is 11.9 Å². The molecule has 0 rings (SSSR count). The summed E-state index contributed by atoms with van der Waals surface area (Å²) in [6, 6.07) is 0. The summed E-state index contributed by atoms with van der Waals surface area (Å²) in [4.78, 5) is 0. The van der Waals surface area contributed by atoms with E-state index in [-0.39, 0.29) is 6.54 Å². The van der Waals surface area contributed by atoms with Crippen LogP contribution in [0.4, 0.5) is 0 Å². The van der Waals surface area contributed by atoms with E-state index in [1.165, 1.54) is 6.15 Å². The van der Waals surface area contributed by atoms with Crippen LogP contribution in [-0.2, 0) is 9.76 Å². The van der Waals surface area contributed by atoms with E-state index in [0.717, 1.165) is 0 Å². The van der Waals surface area contributed by atoms with E-state index >= 15 is 0 Å². The molecule has 1 radical (unpaired) electrons. The summed E-state index contributed by atoms with van der Waals surface area (Å²) in [6.45, 7) is 2.88. The van der Waals surface area contributed by atoms with Gasteiger partial charge in [-0.25, -0.2) is 0 Å². The third-order valence-electron chi connectivity index (χ3n) is 0.358. The quantitative estimate of drug-likeness (QED) is 0.380. The van der Waals surface area contributed by atoms with Crippen molar-refractivity contribution in [1.29, 1.82) is 0 Å². The van der Waals surface area contributed by atoms with Crippen LogP contribution in [0.2, 0.25) is 0 Å². The second-order valence-electron chi connectivity index (χ2n) is 0.921. The summed E-state index contributed by atoms with van der Waals surface area (Å²) in [5.41, 5.74) is 0. The van der Waals surface area contributed by atoms with Crippen molar-refractivity contribution in [2.75, 3.05) is 6.54 Å². The maximum absolute atomic E-state index is 9.80. The van der Waals surface area contributed by atoms with Crippen LogP contribution in [-0.4, -0.2) is 6.54 Å². The van der Waals surface area contributed by atoms with Crippen molar-refractivity contribution in [3.05, 3.63) is 12.5 Å². The summed E-state index contributed by atoms with van der Waals surface area (Å²) in [6.07, 6.45) is 1.48. The Hall–Kier alpha value is -0.920. The molecule has 0 amide bonds. The first-order chi connectivity index (χ1) is 3.27. The van der Waals surface area contributed by atoms with Crippen molar-refractivity contribution in [3.8, 4) is 6.15 Å². The fraction of sp³-hybridized carbons (Fsp3) is 0.250. The van der Waals surface area contributed by atoms with Crippen LogP contribution in [0.1, 0.15) is 0 Å². The molecule has 0 aliphatic heterocycles. The summed E-state index contributed by atoms with van der Waals surface area (Å²) in [5.74, 6) is -0.455. The van der Waals surface area contributed by atoms with Gasteiger partial charge in [0.05, 0.1) is 0 Å². The first kappa shape index (κ1) is 6.08. The minimum atomic E-state index is -0.455. The van der Waals surface area contributed by atoms with Gasteiger partial charge in [-0.1, -0.05) is 0 Å². The van der Waals surface area contributed by atoms with E-state index < -0.39 is 5.88 Å². The standard InChI is InChI=1S/C4H5NO2/c1-4(7)5-2-3-6/h5H,1-2H2/q+1. The second-order valence-corrected chi connectivity index (χ2v) is 0.921. The molecule has 0 atom stereocenters. The van der Waals surface area contributed by atoms with Crippen molar-refractivity contribution >= 4 is 0 Å². The summed E-state index contributed by atoms with van der Waals surface area (Å²) in [7, 11) is 0. The Bertz CT molecular complexity index is 103. The van der Waals surface area contributed by atoms with Crippen LogP contribution >= 0.6 is 0 Å². The monoisotopic (exact) mass is 99.0 g/mol. The molecular formula is C4H5NO2+. The number of rotatable bonds is 2. The summed E-state index contributed by atoms with van der Waals surface area (Å²) < 4.78 is 9.34. The van der Waals surface area contributed by atoms with Gasteiger partial charge in [0.25, 0.3) is 0 Å². The molecule has 0 aliphatic carbocycles. The van der Waals surface area contributed by atoms with Crippen molar-refractivity contribution < 1.29 is 9.76 Å². The van der Waals surface area contributed by atoms with Crippen LogP contribution in [0.25, 0.3) is 0 Å². The molecule has 37 valence electrons. The first-order valence-corrected chi connectivity index (χ1v) is 1.72. The van der Waals surface area contributed by atoms with Gasteiger partial charge in [0.2, 0.25) is 0 Å². The Morgan fingerprint density at radius 3 is 2.71 bits per heavy atom. The zero-order valence-electron chi connectivity index (χ0n) is 3.73. The Balaban J connectivity index is 3.02. The van der Waals surface area contributed by atoms with E-state index in [1.807, 2.05) is 0 Å². The van der Waals surface area contributed by atoms with Crippen LogP contribution in [0.15, 0.2) is 12.5 Å². The molecule has 3 heteroatoms. The van der Waals surface area contributed by atoms with Crippen molar-refractivity contribution in [1.82, 2.24) is 5.32 Å². The topological polar surface area (TPSA) is 51.8 Å². The fourth-order valence-corrected chi connectivity index (χ4v) is 0.135. The number of nitrogens with one attached hydrogen (secondary N) is 1. The van der Waals surface area contributed by atoms with Gasteiger partial charge < -0.3 is 0 Å². The van der Waals surface area contributed by atoms with Gasteiger partial charge >= 0.3 is 40.2 Å². The molecule has 1 N–H and O–H groups in total. The molecule has 0 spiro atoms. The summed E-state index contributed by atoms with van der Waals surface area (Å²) >= 11 is 0. The third-order valence-corrected chi connectivity index (χ3v) is 0.358. The molecule has 0 fully saturated rings. The molecular weight excluding hydrogens is 94.0 g/mol. The van der Waals surface area contributed by atoms with E-state index in [0.29, 0.717) is 0 Å². The van der Waals surface area contributed by atoms with Crippen LogP contribution in [0.5, 0.6) is 0 Å². The van der Waals surface area contributed by atoms with Gasteiger partial charge in [0.15, 0.2) is 0 Å². The normalized spacial score (nSPS) is 6.71. The average molecular weight is 99.1 g/mol. The minimum absolute atomic E-state index is 0.0671. The van der Waals surface area contributed by atoms with Crippen molar-refractivity contribution in [3.63, 3.8) is 0 Å². The molecule has 0 aromatic heterocycles. The first-order valence-electron chi connectivity index (χ1n) is 1.72. The molecule has 7 heavy (non-hydrogen) atoms. The predicted molar refractivity (Wildman–Crippen MR) is 22.4 cm³/mol. The number of hydrogen-bond acceptors (Lipinski definition) is 1. The Kier molecular flexibility index (Phi) is 2.85. The average Bonchev–Trinajstić information content (AvgIpc) is 1.61. The van der Waals surface area contributed by atoms with Gasteiger partial charge in [0.1, 0.15) is 0 Å². The van der Waals surface area contributed by atoms with Crippen LogP contribution in [0.3, 0.4) is 0 Å². The van der Waals surface area contributed by atoms with Gasteiger partial charge in [0, 0.05) is 0 Å². The molecule has 0 aromatic rings. The number of hydrogen-bond donors (Lipinski definition) is 1. The van der Waals surface area contributed by atoms with Crippen LogP contribution < -0.4 is 5.32 Å². The molecule has 0 aromatic carbocycles. The molecule has 0 saturated heterocycles. The van der Waals surface area contributed by atoms with E-state index in [9.17, 15) is 9.76 Å². The predicted octanol–water partition coefficient (Wildman–Crippen LogP) is -0.133. The van der Waals surface area contributed by atoms with Gasteiger partial charge in [-0.3, -0.25) is 0 Å². The van der Waals surface area contributed by atoms with E-state index in [1.54, 1.807) is 0 Å². The second kappa shape index (κ2) is 3.28. The Morgan fingerprint density at radius 2 is 2.57 bits per heavy atom. The summed E-state index contributed by atoms with van der Waals surface area (Å²) in [5, 5.41) is 11.9. The molecule has 0 bridgehead atoms. The van der Waals surface area contributed by atoms with E-state index in [4.69, 9.17) is 0 Å². The SMILES string of the molecule is C=C([O])NCC#[O+]. The van der Waals surface area contributed by atoms with Crippen LogP contribution in [0, 0.1) is 6.15 Å². The van der Waals surface area contributed by atoms with Gasteiger partial charge in [-0.05, 0) is 0 Å². The van der Waals surface area contributed by atoms with Crippen molar-refractivity contribution in [2.45, 2.75) is 0 Å². The fourth-order valence-electron chi connectivity index (χ4n) is 0.135. The Morgan fingerprint density at radius 1 is 2.00 bits per heavy atom. The molecule has 0 unspecified atom stereocenters. The Labute approximate surface area is 41.4 Å². The molecule has 0 heterocycles. The molecule has 3 nitrogen and oxygen atoms in total. The maximum atomic E-state index is 9.80. The van der Waals surface area contributed by atoms with Crippen molar-refractivity contribution in [2.24, 2.45) is 0 Å². The molecule has 0 saturated carbocycles. The molecule has 0 aliphatic rings. The van der Waals surface area contributed by atoms with Gasteiger partial charge in [-0.2, -0.15) is 0 Å². The van der Waals surface area contributed by atoms with Gasteiger partial charge in [-0.15, -0.1) is 0 Å².